The van der Waals surface area contributed by atoms with E-state index < -0.39 is 6.61 Å². The summed E-state index contributed by atoms with van der Waals surface area (Å²) < 4.78 is 29.7. The van der Waals surface area contributed by atoms with Gasteiger partial charge in [-0.2, -0.15) is 8.78 Å². The Morgan fingerprint density at radius 2 is 1.44 bits per heavy atom. The zero-order valence-electron chi connectivity index (χ0n) is 14.1. The third-order valence-corrected chi connectivity index (χ3v) is 6.23. The summed E-state index contributed by atoms with van der Waals surface area (Å²) in [6.45, 7) is -2.78. The fourth-order valence-corrected chi connectivity index (χ4v) is 4.19. The summed E-state index contributed by atoms with van der Waals surface area (Å²) in [6.07, 6.45) is 7.91. The molecule has 0 unspecified atom stereocenters. The Hall–Kier alpha value is -1.17. The molecule has 0 amide bonds. The number of alkyl halides is 3. The molecule has 1 aliphatic carbocycles. The third kappa shape index (κ3) is 5.66. The highest BCUT2D eigenvalue weighted by atomic mass is 127. The fourth-order valence-electron chi connectivity index (χ4n) is 3.47. The summed E-state index contributed by atoms with van der Waals surface area (Å²) in [6, 6.07) is 15.4. The Labute approximate surface area is 161 Å². The largest absolute Gasteiger partial charge is 0.435 e. The van der Waals surface area contributed by atoms with E-state index in [2.05, 4.69) is 51.6 Å². The van der Waals surface area contributed by atoms with Crippen LogP contribution in [0.3, 0.4) is 0 Å². The summed E-state index contributed by atoms with van der Waals surface area (Å²) >= 11 is 2.58. The molecule has 3 rings (SSSR count). The maximum atomic E-state index is 12.2. The first-order chi connectivity index (χ1) is 12.1. The predicted octanol–water partition coefficient (Wildman–Crippen LogP) is 6.88. The van der Waals surface area contributed by atoms with Gasteiger partial charge in [0, 0.05) is 3.92 Å². The minimum atomic E-state index is -2.78. The molecule has 1 saturated carbocycles. The lowest BCUT2D eigenvalue weighted by molar-refractivity contribution is -0.0498. The minimum Gasteiger partial charge on any atom is -0.435 e. The molecule has 25 heavy (non-hydrogen) atoms. The lowest BCUT2D eigenvalue weighted by Crippen LogP contribution is -2.14. The van der Waals surface area contributed by atoms with Crippen molar-refractivity contribution in [3.63, 3.8) is 0 Å². The molecule has 0 bridgehead atoms. The summed E-state index contributed by atoms with van der Waals surface area (Å²) in [5, 5.41) is 0. The molecule has 0 radical (unpaired) electrons. The van der Waals surface area contributed by atoms with Gasteiger partial charge >= 0.3 is 6.61 Å². The van der Waals surface area contributed by atoms with Gasteiger partial charge in [-0.05, 0) is 73.3 Å². The lowest BCUT2D eigenvalue weighted by atomic mass is 9.85. The molecule has 0 N–H and O–H groups in total. The van der Waals surface area contributed by atoms with E-state index in [4.69, 9.17) is 0 Å². The van der Waals surface area contributed by atoms with Crippen LogP contribution in [-0.4, -0.2) is 10.5 Å². The molecular formula is C21H23F2IO. The van der Waals surface area contributed by atoms with E-state index in [1.165, 1.54) is 37.7 Å². The molecule has 4 heteroatoms. The molecule has 0 saturated heterocycles. The van der Waals surface area contributed by atoms with Crippen molar-refractivity contribution >= 4 is 22.6 Å². The quantitative estimate of drug-likeness (QED) is 0.340. The highest BCUT2D eigenvalue weighted by Crippen LogP contribution is 2.32. The van der Waals surface area contributed by atoms with Gasteiger partial charge in [-0.1, -0.05) is 59.0 Å². The van der Waals surface area contributed by atoms with Gasteiger partial charge in [0.1, 0.15) is 5.75 Å². The van der Waals surface area contributed by atoms with Gasteiger partial charge in [-0.25, -0.2) is 0 Å². The smallest absolute Gasteiger partial charge is 0.387 e. The highest BCUT2D eigenvalue weighted by molar-refractivity contribution is 14.1. The maximum Gasteiger partial charge on any atom is 0.387 e. The van der Waals surface area contributed by atoms with Crippen molar-refractivity contribution < 1.29 is 13.5 Å². The molecule has 0 aliphatic heterocycles. The fraction of sp³-hybridized carbons (Fsp3) is 0.429. The Kier molecular flexibility index (Phi) is 6.68. The van der Waals surface area contributed by atoms with Crippen molar-refractivity contribution in [1.82, 2.24) is 0 Å². The normalized spacial score (nSPS) is 20.6. The molecule has 0 spiro atoms. The number of rotatable bonds is 6. The van der Waals surface area contributed by atoms with Crippen LogP contribution in [0.25, 0.3) is 11.1 Å². The second-order valence-electron chi connectivity index (χ2n) is 6.76. The van der Waals surface area contributed by atoms with Crippen molar-refractivity contribution in [3.8, 4) is 16.9 Å². The van der Waals surface area contributed by atoms with Crippen LogP contribution < -0.4 is 4.74 Å². The molecule has 2 aromatic carbocycles. The zero-order valence-corrected chi connectivity index (χ0v) is 16.3. The molecule has 1 fully saturated rings. The van der Waals surface area contributed by atoms with Gasteiger partial charge in [0.25, 0.3) is 0 Å². The SMILES string of the molecule is FC(F)Oc1ccc(-c2ccc(CCC3CCC(I)CC3)cc2)cc1. The minimum absolute atomic E-state index is 0.191. The average Bonchev–Trinajstić information content (AvgIpc) is 2.62. The van der Waals surface area contributed by atoms with Crippen LogP contribution >= 0.6 is 22.6 Å². The standard InChI is InChI=1S/C21H23F2IO/c22-21(23)25-20-13-9-18(10-14-20)17-7-3-15(4-8-17)1-2-16-5-11-19(24)12-6-16/h3-4,7-10,13-14,16,19,21H,1-2,5-6,11-12H2. The first kappa shape index (κ1) is 18.6. The third-order valence-electron chi connectivity index (χ3n) is 4.98. The monoisotopic (exact) mass is 456 g/mol. The van der Waals surface area contributed by atoms with Crippen molar-refractivity contribution in [2.24, 2.45) is 5.92 Å². The maximum absolute atomic E-state index is 12.2. The molecule has 1 nitrogen and oxygen atoms in total. The van der Waals surface area contributed by atoms with Gasteiger partial charge in [-0.3, -0.25) is 0 Å². The topological polar surface area (TPSA) is 9.23 Å². The van der Waals surface area contributed by atoms with Crippen LogP contribution in [0.2, 0.25) is 0 Å². The number of benzene rings is 2. The predicted molar refractivity (Wildman–Crippen MR) is 107 cm³/mol. The summed E-state index contributed by atoms with van der Waals surface area (Å²) in [7, 11) is 0. The molecule has 0 aromatic heterocycles. The van der Waals surface area contributed by atoms with Gasteiger partial charge in [0.05, 0.1) is 0 Å². The van der Waals surface area contributed by atoms with Gasteiger partial charge in [0.15, 0.2) is 0 Å². The number of ether oxygens (including phenoxy) is 1. The van der Waals surface area contributed by atoms with Crippen molar-refractivity contribution in [1.29, 1.82) is 0 Å². The number of hydrogen-bond donors (Lipinski definition) is 0. The molecule has 0 atom stereocenters. The number of hydrogen-bond acceptors (Lipinski definition) is 1. The van der Waals surface area contributed by atoms with Crippen molar-refractivity contribution in [2.75, 3.05) is 0 Å². The van der Waals surface area contributed by atoms with Crippen LogP contribution in [0.4, 0.5) is 8.78 Å². The van der Waals surface area contributed by atoms with E-state index in [0.29, 0.717) is 0 Å². The highest BCUT2D eigenvalue weighted by Gasteiger charge is 2.18. The number of halogens is 3. The summed E-state index contributed by atoms with van der Waals surface area (Å²) in [5.74, 6) is 1.07. The molecule has 1 aliphatic rings. The van der Waals surface area contributed by atoms with Crippen LogP contribution in [0, 0.1) is 5.92 Å². The Morgan fingerprint density at radius 3 is 2.00 bits per heavy atom. The first-order valence-corrected chi connectivity index (χ1v) is 10.1. The van der Waals surface area contributed by atoms with E-state index in [1.54, 1.807) is 12.1 Å². The van der Waals surface area contributed by atoms with Crippen LogP contribution in [0.5, 0.6) is 5.75 Å². The van der Waals surface area contributed by atoms with E-state index in [-0.39, 0.29) is 5.75 Å². The van der Waals surface area contributed by atoms with Crippen LogP contribution in [0.15, 0.2) is 48.5 Å². The molecule has 134 valence electrons. The van der Waals surface area contributed by atoms with Gasteiger partial charge < -0.3 is 4.74 Å². The van der Waals surface area contributed by atoms with Crippen LogP contribution in [0.1, 0.15) is 37.7 Å². The zero-order chi connectivity index (χ0) is 17.6. The second kappa shape index (κ2) is 8.97. The van der Waals surface area contributed by atoms with E-state index >= 15 is 0 Å². The lowest BCUT2D eigenvalue weighted by Gasteiger charge is -2.25. The van der Waals surface area contributed by atoms with E-state index in [0.717, 1.165) is 27.4 Å². The summed E-state index contributed by atoms with van der Waals surface area (Å²) in [5.41, 5.74) is 3.48. The Morgan fingerprint density at radius 1 is 0.880 bits per heavy atom. The van der Waals surface area contributed by atoms with Gasteiger partial charge in [0.2, 0.25) is 0 Å². The second-order valence-corrected chi connectivity index (χ2v) is 8.52. The average molecular weight is 456 g/mol. The van der Waals surface area contributed by atoms with Gasteiger partial charge in [-0.15, -0.1) is 0 Å². The van der Waals surface area contributed by atoms with Crippen molar-refractivity contribution in [2.45, 2.75) is 49.1 Å². The molecule has 2 aromatic rings. The molecule has 0 heterocycles. The summed E-state index contributed by atoms with van der Waals surface area (Å²) in [4.78, 5) is 0. The van der Waals surface area contributed by atoms with Crippen molar-refractivity contribution in [3.05, 3.63) is 54.1 Å². The van der Waals surface area contributed by atoms with E-state index in [9.17, 15) is 8.78 Å². The van der Waals surface area contributed by atoms with Crippen LogP contribution in [-0.2, 0) is 6.42 Å². The Bertz CT molecular complexity index is 647. The molecular weight excluding hydrogens is 433 g/mol. The van der Waals surface area contributed by atoms with E-state index in [1.807, 2.05) is 12.1 Å². The Balaban J connectivity index is 1.54. The number of aryl methyl sites for hydroxylation is 1. The first-order valence-electron chi connectivity index (χ1n) is 8.88.